The fourth-order valence-electron chi connectivity index (χ4n) is 2.46. The highest BCUT2D eigenvalue weighted by atomic mass is 16.7. The van der Waals surface area contributed by atoms with E-state index in [4.69, 9.17) is 9.31 Å². The predicted molar refractivity (Wildman–Crippen MR) is 87.3 cm³/mol. The van der Waals surface area contributed by atoms with Gasteiger partial charge in [-0.3, -0.25) is 4.79 Å². The Morgan fingerprint density at radius 3 is 2.23 bits per heavy atom. The van der Waals surface area contributed by atoms with Crippen LogP contribution in [0, 0.1) is 0 Å². The lowest BCUT2D eigenvalue weighted by Gasteiger charge is -2.32. The van der Waals surface area contributed by atoms with Gasteiger partial charge in [-0.1, -0.05) is 12.1 Å². The molecule has 1 saturated carbocycles. The summed E-state index contributed by atoms with van der Waals surface area (Å²) in [5.41, 5.74) is 0.763. The molecule has 0 radical (unpaired) electrons. The molecule has 2 aliphatic rings. The third-order valence-corrected chi connectivity index (χ3v) is 5.09. The zero-order chi connectivity index (χ0) is 16.2. The fraction of sp³-hybridized carbons (Fsp3) is 0.588. The highest BCUT2D eigenvalue weighted by Gasteiger charge is 2.51. The summed E-state index contributed by atoms with van der Waals surface area (Å²) in [6.45, 7) is 10.2. The van der Waals surface area contributed by atoms with Crippen LogP contribution in [0.25, 0.3) is 0 Å². The maximum Gasteiger partial charge on any atom is 0.494 e. The molecule has 1 aliphatic heterocycles. The minimum Gasteiger partial charge on any atom is -0.399 e. The van der Waals surface area contributed by atoms with Gasteiger partial charge in [0, 0.05) is 11.1 Å². The lowest BCUT2D eigenvalue weighted by atomic mass is 9.78. The molecule has 2 fully saturated rings. The van der Waals surface area contributed by atoms with Gasteiger partial charge < -0.3 is 14.6 Å². The standard InChI is InChI=1S/C17H24BNO3/c1-15(2)16(3,4)22-18(21-15)13-8-6-7-12(11-13)14(20)19-17(5)9-10-17/h6-8,11H,9-10H2,1-5H3,(H,19,20). The number of hydrogen-bond acceptors (Lipinski definition) is 3. The van der Waals surface area contributed by atoms with E-state index < -0.39 is 7.12 Å². The zero-order valence-electron chi connectivity index (χ0n) is 14.0. The minimum absolute atomic E-state index is 0.0164. The Balaban J connectivity index is 1.79. The number of nitrogens with one attached hydrogen (secondary N) is 1. The van der Waals surface area contributed by atoms with E-state index in [1.165, 1.54) is 0 Å². The fourth-order valence-corrected chi connectivity index (χ4v) is 2.46. The molecule has 1 heterocycles. The van der Waals surface area contributed by atoms with Crippen molar-refractivity contribution >= 4 is 18.5 Å². The number of carbonyl (C=O) groups excluding carboxylic acids is 1. The van der Waals surface area contributed by atoms with E-state index in [0.717, 1.165) is 18.3 Å². The van der Waals surface area contributed by atoms with Crippen molar-refractivity contribution in [3.8, 4) is 0 Å². The smallest absolute Gasteiger partial charge is 0.399 e. The molecule has 1 aromatic carbocycles. The van der Waals surface area contributed by atoms with Crippen LogP contribution < -0.4 is 10.8 Å². The Kier molecular flexibility index (Phi) is 3.42. The van der Waals surface area contributed by atoms with Gasteiger partial charge in [0.15, 0.2) is 0 Å². The second-order valence-electron chi connectivity index (χ2n) is 7.73. The first-order valence-electron chi connectivity index (χ1n) is 7.90. The Hall–Kier alpha value is -1.33. The largest absolute Gasteiger partial charge is 0.494 e. The van der Waals surface area contributed by atoms with Gasteiger partial charge in [0.1, 0.15) is 0 Å². The lowest BCUT2D eigenvalue weighted by molar-refractivity contribution is 0.00578. The first kappa shape index (κ1) is 15.6. The summed E-state index contributed by atoms with van der Waals surface area (Å²) in [5.74, 6) is -0.0293. The molecular formula is C17H24BNO3. The summed E-state index contributed by atoms with van der Waals surface area (Å²) in [6.07, 6.45) is 2.10. The quantitative estimate of drug-likeness (QED) is 0.871. The summed E-state index contributed by atoms with van der Waals surface area (Å²) in [6, 6.07) is 7.52. The van der Waals surface area contributed by atoms with Gasteiger partial charge in [0.05, 0.1) is 11.2 Å². The Morgan fingerprint density at radius 2 is 1.68 bits per heavy atom. The highest BCUT2D eigenvalue weighted by molar-refractivity contribution is 6.62. The number of hydrogen-bond donors (Lipinski definition) is 1. The van der Waals surface area contributed by atoms with Gasteiger partial charge in [-0.15, -0.1) is 0 Å². The molecule has 1 aromatic rings. The molecule has 0 bridgehead atoms. The monoisotopic (exact) mass is 301 g/mol. The van der Waals surface area contributed by atoms with E-state index >= 15 is 0 Å². The second-order valence-corrected chi connectivity index (χ2v) is 7.73. The molecule has 1 amide bonds. The van der Waals surface area contributed by atoms with Crippen molar-refractivity contribution in [1.82, 2.24) is 5.32 Å². The molecule has 0 spiro atoms. The van der Waals surface area contributed by atoms with E-state index in [2.05, 4.69) is 12.2 Å². The van der Waals surface area contributed by atoms with Crippen LogP contribution in [0.1, 0.15) is 57.8 Å². The van der Waals surface area contributed by atoms with Gasteiger partial charge in [-0.25, -0.2) is 0 Å². The third-order valence-electron chi connectivity index (χ3n) is 5.09. The van der Waals surface area contributed by atoms with Crippen LogP contribution in [-0.4, -0.2) is 29.8 Å². The van der Waals surface area contributed by atoms with Crippen molar-refractivity contribution in [2.75, 3.05) is 0 Å². The van der Waals surface area contributed by atoms with Gasteiger partial charge in [-0.05, 0) is 65.1 Å². The van der Waals surface area contributed by atoms with Gasteiger partial charge in [0.25, 0.3) is 5.91 Å². The topological polar surface area (TPSA) is 47.6 Å². The lowest BCUT2D eigenvalue weighted by Crippen LogP contribution is -2.41. The minimum atomic E-state index is -0.436. The molecule has 3 rings (SSSR count). The van der Waals surface area contributed by atoms with Gasteiger partial charge >= 0.3 is 7.12 Å². The zero-order valence-corrected chi connectivity index (χ0v) is 14.0. The predicted octanol–water partition coefficient (Wildman–Crippen LogP) is 2.27. The summed E-state index contributed by atoms with van der Waals surface area (Å²) in [4.78, 5) is 12.3. The molecule has 4 nitrogen and oxygen atoms in total. The van der Waals surface area contributed by atoms with Crippen molar-refractivity contribution in [1.29, 1.82) is 0 Å². The number of amides is 1. The van der Waals surface area contributed by atoms with Crippen molar-refractivity contribution in [2.24, 2.45) is 0 Å². The molecule has 0 aromatic heterocycles. The average molecular weight is 301 g/mol. The van der Waals surface area contributed by atoms with Crippen LogP contribution in [-0.2, 0) is 9.31 Å². The maximum absolute atomic E-state index is 12.3. The highest BCUT2D eigenvalue weighted by Crippen LogP contribution is 2.36. The van der Waals surface area contributed by atoms with E-state index in [9.17, 15) is 4.79 Å². The normalized spacial score (nSPS) is 24.1. The molecular weight excluding hydrogens is 277 g/mol. The summed E-state index contributed by atoms with van der Waals surface area (Å²) >= 11 is 0. The van der Waals surface area contributed by atoms with Crippen molar-refractivity contribution in [3.63, 3.8) is 0 Å². The summed E-state index contributed by atoms with van der Waals surface area (Å²) in [5, 5.41) is 3.08. The molecule has 1 aliphatic carbocycles. The van der Waals surface area contributed by atoms with E-state index in [-0.39, 0.29) is 22.6 Å². The third kappa shape index (κ3) is 2.80. The Bertz CT molecular complexity index is 592. The van der Waals surface area contributed by atoms with Crippen molar-refractivity contribution < 1.29 is 14.1 Å². The number of carbonyl (C=O) groups is 1. The Labute approximate surface area is 132 Å². The molecule has 0 atom stereocenters. The van der Waals surface area contributed by atoms with Crippen LogP contribution in [0.2, 0.25) is 0 Å². The maximum atomic E-state index is 12.3. The van der Waals surface area contributed by atoms with Crippen LogP contribution in [0.3, 0.4) is 0 Å². The second kappa shape index (κ2) is 4.83. The molecule has 0 unspecified atom stereocenters. The first-order valence-corrected chi connectivity index (χ1v) is 7.90. The molecule has 1 saturated heterocycles. The van der Waals surface area contributed by atoms with Crippen molar-refractivity contribution in [2.45, 2.75) is 64.2 Å². The Morgan fingerprint density at radius 1 is 1.09 bits per heavy atom. The molecule has 118 valence electrons. The van der Waals surface area contributed by atoms with E-state index in [1.54, 1.807) is 0 Å². The number of rotatable bonds is 3. The summed E-state index contributed by atoms with van der Waals surface area (Å²) < 4.78 is 12.1. The molecule has 22 heavy (non-hydrogen) atoms. The molecule has 1 N–H and O–H groups in total. The average Bonchev–Trinajstić information content (AvgIpc) is 3.09. The molecule has 5 heteroatoms. The van der Waals surface area contributed by atoms with E-state index in [0.29, 0.717) is 5.56 Å². The van der Waals surface area contributed by atoms with Crippen LogP contribution in [0.4, 0.5) is 0 Å². The van der Waals surface area contributed by atoms with Gasteiger partial charge in [0.2, 0.25) is 0 Å². The van der Waals surface area contributed by atoms with E-state index in [1.807, 2.05) is 52.0 Å². The van der Waals surface area contributed by atoms with Crippen LogP contribution in [0.5, 0.6) is 0 Å². The SMILES string of the molecule is CC1(NC(=O)c2cccc(B3OC(C)(C)C(C)(C)O3)c2)CC1. The summed E-state index contributed by atoms with van der Waals surface area (Å²) in [7, 11) is -0.436. The van der Waals surface area contributed by atoms with Crippen LogP contribution in [0.15, 0.2) is 24.3 Å². The van der Waals surface area contributed by atoms with Gasteiger partial charge in [-0.2, -0.15) is 0 Å². The van der Waals surface area contributed by atoms with Crippen LogP contribution >= 0.6 is 0 Å². The first-order chi connectivity index (χ1) is 10.1. The van der Waals surface area contributed by atoms with Crippen molar-refractivity contribution in [3.05, 3.63) is 29.8 Å². The number of benzene rings is 1.